The van der Waals surface area contributed by atoms with Crippen LogP contribution in [0.4, 0.5) is 8.78 Å². The minimum absolute atomic E-state index is 0. The van der Waals surface area contributed by atoms with Crippen LogP contribution in [0.2, 0.25) is 0 Å². The molecule has 1 N–H and O–H groups in total. The molecule has 134 valence electrons. The summed E-state index contributed by atoms with van der Waals surface area (Å²) >= 11 is 0. The highest BCUT2D eigenvalue weighted by Crippen LogP contribution is 2.28. The quantitative estimate of drug-likeness (QED) is 0.779. The first kappa shape index (κ1) is 18.8. The molecule has 3 saturated heterocycles. The van der Waals surface area contributed by atoms with Gasteiger partial charge in [0.15, 0.2) is 0 Å². The number of halogens is 3. The summed E-state index contributed by atoms with van der Waals surface area (Å²) in [6.07, 6.45) is 1.62. The SMILES string of the molecule is Cl.O=C(C1CC(F)(F)CN1)N1CCC(S(=O)(=O)N2CCCC2)C1. The first-order chi connectivity index (χ1) is 10.3. The second kappa shape index (κ2) is 6.78. The van der Waals surface area contributed by atoms with Gasteiger partial charge in [-0.25, -0.2) is 21.5 Å². The Morgan fingerprint density at radius 2 is 1.83 bits per heavy atom. The Hall–Kier alpha value is -0.510. The molecule has 3 fully saturated rings. The molecule has 0 aliphatic carbocycles. The fraction of sp³-hybridized carbons (Fsp3) is 0.923. The zero-order chi connectivity index (χ0) is 16.0. The van der Waals surface area contributed by atoms with E-state index in [1.807, 2.05) is 0 Å². The number of amides is 1. The molecule has 0 radical (unpaired) electrons. The van der Waals surface area contributed by atoms with E-state index in [0.717, 1.165) is 12.8 Å². The van der Waals surface area contributed by atoms with Crippen LogP contribution in [-0.4, -0.2) is 73.5 Å². The fourth-order valence-corrected chi connectivity index (χ4v) is 5.40. The first-order valence-electron chi connectivity index (χ1n) is 7.68. The smallest absolute Gasteiger partial charge is 0.262 e. The van der Waals surface area contributed by atoms with E-state index in [9.17, 15) is 22.0 Å². The number of carbonyl (C=O) groups is 1. The molecule has 0 spiro atoms. The summed E-state index contributed by atoms with van der Waals surface area (Å²) in [4.78, 5) is 13.7. The van der Waals surface area contributed by atoms with Crippen LogP contribution in [0.3, 0.4) is 0 Å². The molecule has 3 aliphatic heterocycles. The van der Waals surface area contributed by atoms with Crippen LogP contribution in [0.25, 0.3) is 0 Å². The van der Waals surface area contributed by atoms with E-state index in [-0.39, 0.29) is 19.0 Å². The third-order valence-electron chi connectivity index (χ3n) is 4.71. The molecule has 0 aromatic carbocycles. The van der Waals surface area contributed by atoms with Crippen LogP contribution in [-0.2, 0) is 14.8 Å². The van der Waals surface area contributed by atoms with E-state index in [1.165, 1.54) is 9.21 Å². The lowest BCUT2D eigenvalue weighted by Gasteiger charge is -2.23. The highest BCUT2D eigenvalue weighted by atomic mass is 35.5. The normalized spacial score (nSPS) is 31.3. The molecule has 2 atom stereocenters. The summed E-state index contributed by atoms with van der Waals surface area (Å²) in [6, 6.07) is -0.900. The van der Waals surface area contributed by atoms with Crippen LogP contribution in [0.5, 0.6) is 0 Å². The molecule has 2 unspecified atom stereocenters. The van der Waals surface area contributed by atoms with Crippen LogP contribution < -0.4 is 5.32 Å². The predicted octanol–water partition coefficient (Wildman–Crippen LogP) is 0.432. The second-order valence-electron chi connectivity index (χ2n) is 6.34. The maximum absolute atomic E-state index is 13.2. The molecule has 6 nitrogen and oxygen atoms in total. The summed E-state index contributed by atoms with van der Waals surface area (Å²) < 4.78 is 52.8. The Balaban J connectivity index is 0.00000192. The van der Waals surface area contributed by atoms with E-state index < -0.39 is 46.1 Å². The van der Waals surface area contributed by atoms with Crippen molar-refractivity contribution >= 4 is 28.3 Å². The number of rotatable bonds is 3. The van der Waals surface area contributed by atoms with E-state index in [0.29, 0.717) is 26.1 Å². The van der Waals surface area contributed by atoms with Gasteiger partial charge in [0.05, 0.1) is 17.8 Å². The Bertz CT molecular complexity index is 555. The third kappa shape index (κ3) is 3.78. The highest BCUT2D eigenvalue weighted by molar-refractivity contribution is 7.89. The van der Waals surface area contributed by atoms with E-state index in [1.54, 1.807) is 0 Å². The van der Waals surface area contributed by atoms with Crippen molar-refractivity contribution in [2.24, 2.45) is 0 Å². The number of hydrogen-bond acceptors (Lipinski definition) is 4. The third-order valence-corrected chi connectivity index (χ3v) is 7.02. The molecule has 10 heteroatoms. The maximum atomic E-state index is 13.2. The lowest BCUT2D eigenvalue weighted by molar-refractivity contribution is -0.132. The van der Waals surface area contributed by atoms with Gasteiger partial charge in [-0.3, -0.25) is 10.1 Å². The zero-order valence-corrected chi connectivity index (χ0v) is 14.3. The van der Waals surface area contributed by atoms with Gasteiger partial charge < -0.3 is 4.90 Å². The van der Waals surface area contributed by atoms with E-state index in [2.05, 4.69) is 5.32 Å². The first-order valence-corrected chi connectivity index (χ1v) is 9.19. The summed E-state index contributed by atoms with van der Waals surface area (Å²) in [5, 5.41) is 1.93. The Morgan fingerprint density at radius 1 is 1.17 bits per heavy atom. The molecule has 3 heterocycles. The van der Waals surface area contributed by atoms with Crippen LogP contribution in [0, 0.1) is 0 Å². The Labute approximate surface area is 141 Å². The molecular weight excluding hydrogens is 352 g/mol. The fourth-order valence-electron chi connectivity index (χ4n) is 3.44. The average Bonchev–Trinajstić information content (AvgIpc) is 3.18. The maximum Gasteiger partial charge on any atom is 0.262 e. The van der Waals surface area contributed by atoms with Crippen molar-refractivity contribution in [2.75, 3.05) is 32.7 Å². The number of hydrogen-bond donors (Lipinski definition) is 1. The van der Waals surface area contributed by atoms with Crippen molar-refractivity contribution in [3.05, 3.63) is 0 Å². The van der Waals surface area contributed by atoms with E-state index in [4.69, 9.17) is 0 Å². The number of nitrogens with zero attached hydrogens (tertiary/aromatic N) is 2. The van der Waals surface area contributed by atoms with Gasteiger partial charge in [0.1, 0.15) is 0 Å². The van der Waals surface area contributed by atoms with Crippen molar-refractivity contribution in [3.63, 3.8) is 0 Å². The standard InChI is InChI=1S/C13H21F2N3O3S.ClH/c14-13(15)7-11(16-9-13)12(19)17-6-3-10(8-17)22(20,21)18-4-1-2-5-18;/h10-11,16H,1-9H2;1H. The molecule has 0 aromatic heterocycles. The molecule has 3 aliphatic rings. The van der Waals surface area contributed by atoms with Crippen LogP contribution >= 0.6 is 12.4 Å². The van der Waals surface area contributed by atoms with Crippen LogP contribution in [0.1, 0.15) is 25.7 Å². The van der Waals surface area contributed by atoms with Crippen molar-refractivity contribution < 1.29 is 22.0 Å². The van der Waals surface area contributed by atoms with Crippen LogP contribution in [0.15, 0.2) is 0 Å². The predicted molar refractivity (Wildman–Crippen MR) is 83.3 cm³/mol. The number of sulfonamides is 1. The average molecular weight is 374 g/mol. The van der Waals surface area contributed by atoms with Gasteiger partial charge in [-0.05, 0) is 19.3 Å². The molecule has 0 saturated carbocycles. The lowest BCUT2D eigenvalue weighted by atomic mass is 10.2. The summed E-state index contributed by atoms with van der Waals surface area (Å²) in [6.45, 7) is 1.03. The van der Waals surface area contributed by atoms with Gasteiger partial charge in [-0.15, -0.1) is 12.4 Å². The van der Waals surface area contributed by atoms with Gasteiger partial charge in [-0.1, -0.05) is 0 Å². The molecule has 0 bridgehead atoms. The number of alkyl halides is 2. The van der Waals surface area contributed by atoms with Crippen molar-refractivity contribution in [1.29, 1.82) is 0 Å². The van der Waals surface area contributed by atoms with Gasteiger partial charge in [-0.2, -0.15) is 0 Å². The summed E-state index contributed by atoms with van der Waals surface area (Å²) in [5.74, 6) is -3.27. The topological polar surface area (TPSA) is 69.7 Å². The molecule has 23 heavy (non-hydrogen) atoms. The molecule has 1 amide bonds. The van der Waals surface area contributed by atoms with Crippen molar-refractivity contribution in [3.8, 4) is 0 Å². The molecular formula is C13H22ClF2N3O3S. The number of carbonyl (C=O) groups excluding carboxylic acids is 1. The zero-order valence-electron chi connectivity index (χ0n) is 12.7. The van der Waals surface area contributed by atoms with Gasteiger partial charge in [0.25, 0.3) is 5.92 Å². The monoisotopic (exact) mass is 373 g/mol. The summed E-state index contributed by atoms with van der Waals surface area (Å²) in [5.41, 5.74) is 0. The summed E-state index contributed by atoms with van der Waals surface area (Å²) in [7, 11) is -3.38. The number of likely N-dealkylation sites (tertiary alicyclic amines) is 1. The van der Waals surface area contributed by atoms with Gasteiger partial charge in [0.2, 0.25) is 15.9 Å². The lowest BCUT2D eigenvalue weighted by Crippen LogP contribution is -2.44. The number of nitrogens with one attached hydrogen (secondary N) is 1. The van der Waals surface area contributed by atoms with Gasteiger partial charge >= 0.3 is 0 Å². The molecule has 0 aromatic rings. The van der Waals surface area contributed by atoms with E-state index >= 15 is 0 Å². The van der Waals surface area contributed by atoms with Crippen molar-refractivity contribution in [2.45, 2.75) is 42.9 Å². The minimum Gasteiger partial charge on any atom is -0.340 e. The minimum atomic E-state index is -3.38. The largest absolute Gasteiger partial charge is 0.340 e. The van der Waals surface area contributed by atoms with Gasteiger partial charge in [0, 0.05) is 32.6 Å². The highest BCUT2D eigenvalue weighted by Gasteiger charge is 2.46. The Morgan fingerprint density at radius 3 is 2.39 bits per heavy atom. The van der Waals surface area contributed by atoms with Crippen molar-refractivity contribution in [1.82, 2.24) is 14.5 Å². The molecule has 3 rings (SSSR count). The second-order valence-corrected chi connectivity index (χ2v) is 8.55. The Kier molecular flexibility index (Phi) is 5.55.